The molecule has 3 heteroatoms. The molecule has 0 aliphatic rings. The summed E-state index contributed by atoms with van der Waals surface area (Å²) >= 11 is 3.39. The minimum Gasteiger partial charge on any atom is -0.490 e. The zero-order valence-corrected chi connectivity index (χ0v) is 9.34. The Balaban J connectivity index is 2.67. The molecule has 0 aliphatic heterocycles. The van der Waals surface area contributed by atoms with E-state index in [1.165, 1.54) is 5.56 Å². The number of aliphatic hydroxyl groups is 1. The molecule has 0 fully saturated rings. The van der Waals surface area contributed by atoms with E-state index in [0.29, 0.717) is 6.61 Å². The number of hydrogen-bond acceptors (Lipinski definition) is 2. The summed E-state index contributed by atoms with van der Waals surface area (Å²) in [7, 11) is 0. The molecule has 72 valence electrons. The average Bonchev–Trinajstić information content (AvgIpc) is 2.02. The number of ether oxygens (including phenoxy) is 1. The third-order valence-electron chi connectivity index (χ3n) is 1.57. The lowest BCUT2D eigenvalue weighted by atomic mass is 10.2. The molecule has 13 heavy (non-hydrogen) atoms. The second-order valence-corrected chi connectivity index (χ2v) is 3.95. The molecule has 1 aromatic rings. The molecule has 0 aliphatic carbocycles. The van der Waals surface area contributed by atoms with E-state index in [1.54, 1.807) is 6.92 Å². The van der Waals surface area contributed by atoms with E-state index in [9.17, 15) is 0 Å². The van der Waals surface area contributed by atoms with Crippen molar-refractivity contribution < 1.29 is 9.84 Å². The number of aliphatic hydroxyl groups excluding tert-OH is 1. The van der Waals surface area contributed by atoms with E-state index < -0.39 is 6.10 Å². The van der Waals surface area contributed by atoms with E-state index in [2.05, 4.69) is 15.9 Å². The molecule has 1 N–H and O–H groups in total. The molecule has 1 atom stereocenters. The topological polar surface area (TPSA) is 29.5 Å². The molecule has 0 unspecified atom stereocenters. The van der Waals surface area contributed by atoms with Gasteiger partial charge >= 0.3 is 0 Å². The summed E-state index contributed by atoms with van der Waals surface area (Å²) < 4.78 is 6.28. The summed E-state index contributed by atoms with van der Waals surface area (Å²) in [4.78, 5) is 0. The summed E-state index contributed by atoms with van der Waals surface area (Å²) in [6, 6.07) is 5.85. The Labute approximate surface area is 86.7 Å². The van der Waals surface area contributed by atoms with Gasteiger partial charge in [-0.05, 0) is 47.5 Å². The first-order chi connectivity index (χ1) is 6.09. The van der Waals surface area contributed by atoms with Gasteiger partial charge in [0.25, 0.3) is 0 Å². The highest BCUT2D eigenvalue weighted by molar-refractivity contribution is 9.10. The molecular formula is C10H13BrO2. The van der Waals surface area contributed by atoms with Crippen LogP contribution in [0.2, 0.25) is 0 Å². The second kappa shape index (κ2) is 4.63. The van der Waals surface area contributed by atoms with Crippen molar-refractivity contribution in [2.45, 2.75) is 20.0 Å². The molecule has 0 amide bonds. The Hall–Kier alpha value is -0.540. The van der Waals surface area contributed by atoms with Gasteiger partial charge in [0, 0.05) is 0 Å². The molecule has 0 radical (unpaired) electrons. The van der Waals surface area contributed by atoms with Crippen LogP contribution < -0.4 is 4.74 Å². The molecule has 0 heterocycles. The first-order valence-electron chi connectivity index (χ1n) is 4.16. The summed E-state index contributed by atoms with van der Waals surface area (Å²) in [6.45, 7) is 4.03. The molecule has 1 rings (SSSR count). The maximum Gasteiger partial charge on any atom is 0.133 e. The lowest BCUT2D eigenvalue weighted by Gasteiger charge is -2.09. The van der Waals surface area contributed by atoms with Crippen LogP contribution in [0, 0.1) is 6.92 Å². The van der Waals surface area contributed by atoms with E-state index in [1.807, 2.05) is 25.1 Å². The highest BCUT2D eigenvalue weighted by Gasteiger charge is 2.02. The molecule has 0 bridgehead atoms. The van der Waals surface area contributed by atoms with E-state index in [-0.39, 0.29) is 0 Å². The van der Waals surface area contributed by atoms with Crippen LogP contribution in [0.25, 0.3) is 0 Å². The smallest absolute Gasteiger partial charge is 0.133 e. The van der Waals surface area contributed by atoms with Gasteiger partial charge in [-0.3, -0.25) is 0 Å². The van der Waals surface area contributed by atoms with Crippen molar-refractivity contribution in [1.82, 2.24) is 0 Å². The van der Waals surface area contributed by atoms with Gasteiger partial charge in [-0.25, -0.2) is 0 Å². The Kier molecular flexibility index (Phi) is 3.75. The molecule has 0 aromatic heterocycles. The minimum atomic E-state index is -0.437. The highest BCUT2D eigenvalue weighted by Crippen LogP contribution is 2.25. The van der Waals surface area contributed by atoms with Gasteiger partial charge in [0.05, 0.1) is 10.6 Å². The minimum absolute atomic E-state index is 0.321. The van der Waals surface area contributed by atoms with Crippen LogP contribution in [-0.2, 0) is 0 Å². The largest absolute Gasteiger partial charge is 0.490 e. The predicted molar refractivity (Wildman–Crippen MR) is 56.1 cm³/mol. The molecule has 0 spiro atoms. The van der Waals surface area contributed by atoms with Crippen molar-refractivity contribution >= 4 is 15.9 Å². The van der Waals surface area contributed by atoms with Crippen LogP contribution in [0.4, 0.5) is 0 Å². The van der Waals surface area contributed by atoms with E-state index in [4.69, 9.17) is 9.84 Å². The van der Waals surface area contributed by atoms with Crippen molar-refractivity contribution in [1.29, 1.82) is 0 Å². The Morgan fingerprint density at radius 3 is 2.77 bits per heavy atom. The van der Waals surface area contributed by atoms with Gasteiger partial charge in [-0.15, -0.1) is 0 Å². The maximum absolute atomic E-state index is 9.02. The number of aryl methyl sites for hydroxylation is 1. The fraction of sp³-hybridized carbons (Fsp3) is 0.400. The highest BCUT2D eigenvalue weighted by atomic mass is 79.9. The summed E-state index contributed by atoms with van der Waals surface area (Å²) in [5, 5.41) is 9.02. The van der Waals surface area contributed by atoms with Crippen molar-refractivity contribution in [2.24, 2.45) is 0 Å². The second-order valence-electron chi connectivity index (χ2n) is 3.09. The zero-order valence-electron chi connectivity index (χ0n) is 7.75. The number of hydrogen-bond donors (Lipinski definition) is 1. The average molecular weight is 245 g/mol. The van der Waals surface area contributed by atoms with Gasteiger partial charge in [0.2, 0.25) is 0 Å². The Morgan fingerprint density at radius 2 is 2.23 bits per heavy atom. The number of halogens is 1. The molecule has 1 aromatic carbocycles. The summed E-state index contributed by atoms with van der Waals surface area (Å²) in [5.41, 5.74) is 1.18. The number of rotatable bonds is 3. The normalized spacial score (nSPS) is 12.6. The fourth-order valence-electron chi connectivity index (χ4n) is 0.933. The first-order valence-corrected chi connectivity index (χ1v) is 4.96. The lowest BCUT2D eigenvalue weighted by molar-refractivity contribution is 0.122. The van der Waals surface area contributed by atoms with Crippen molar-refractivity contribution in [3.05, 3.63) is 28.2 Å². The zero-order chi connectivity index (χ0) is 9.84. The van der Waals surface area contributed by atoms with E-state index >= 15 is 0 Å². The molecule has 0 saturated heterocycles. The first kappa shape index (κ1) is 10.5. The molecule has 2 nitrogen and oxygen atoms in total. The van der Waals surface area contributed by atoms with Crippen LogP contribution in [0.15, 0.2) is 22.7 Å². The van der Waals surface area contributed by atoms with Crippen LogP contribution in [-0.4, -0.2) is 17.8 Å². The number of benzene rings is 1. The molecule has 0 saturated carbocycles. The van der Waals surface area contributed by atoms with Gasteiger partial charge in [-0.2, -0.15) is 0 Å². The third-order valence-corrected chi connectivity index (χ3v) is 2.19. The van der Waals surface area contributed by atoms with Gasteiger partial charge in [-0.1, -0.05) is 6.07 Å². The van der Waals surface area contributed by atoms with Crippen LogP contribution >= 0.6 is 15.9 Å². The SMILES string of the molecule is Cc1ccc(OC[C@H](C)O)c(Br)c1. The van der Waals surface area contributed by atoms with Gasteiger partial charge < -0.3 is 9.84 Å². The molecular weight excluding hydrogens is 232 g/mol. The predicted octanol–water partition coefficient (Wildman–Crippen LogP) is 2.52. The van der Waals surface area contributed by atoms with E-state index in [0.717, 1.165) is 10.2 Å². The van der Waals surface area contributed by atoms with Crippen molar-refractivity contribution in [3.63, 3.8) is 0 Å². The Bertz CT molecular complexity index is 284. The Morgan fingerprint density at radius 1 is 1.54 bits per heavy atom. The summed E-state index contributed by atoms with van der Waals surface area (Å²) in [5.74, 6) is 0.770. The van der Waals surface area contributed by atoms with Crippen molar-refractivity contribution in [2.75, 3.05) is 6.61 Å². The lowest BCUT2D eigenvalue weighted by Crippen LogP contribution is -2.12. The fourth-order valence-corrected chi connectivity index (χ4v) is 1.54. The standard InChI is InChI=1S/C10H13BrO2/c1-7-3-4-10(9(11)5-7)13-6-8(2)12/h3-5,8,12H,6H2,1-2H3/t8-/m0/s1. The summed E-state index contributed by atoms with van der Waals surface area (Å²) in [6.07, 6.45) is -0.437. The maximum atomic E-state index is 9.02. The quantitative estimate of drug-likeness (QED) is 0.886. The van der Waals surface area contributed by atoms with Gasteiger partial charge in [0.15, 0.2) is 0 Å². The third kappa shape index (κ3) is 3.36. The van der Waals surface area contributed by atoms with Crippen LogP contribution in [0.1, 0.15) is 12.5 Å². The van der Waals surface area contributed by atoms with Gasteiger partial charge in [0.1, 0.15) is 12.4 Å². The van der Waals surface area contributed by atoms with Crippen LogP contribution in [0.3, 0.4) is 0 Å². The van der Waals surface area contributed by atoms with Crippen LogP contribution in [0.5, 0.6) is 5.75 Å². The monoisotopic (exact) mass is 244 g/mol. The van der Waals surface area contributed by atoms with Crippen molar-refractivity contribution in [3.8, 4) is 5.75 Å².